The number of amides is 2. The quantitative estimate of drug-likeness (QED) is 0.931. The molecule has 1 aliphatic carbocycles. The predicted molar refractivity (Wildman–Crippen MR) is 81.4 cm³/mol. The van der Waals surface area contributed by atoms with E-state index >= 15 is 0 Å². The Kier molecular flexibility index (Phi) is 3.98. The topological polar surface area (TPSA) is 62.3 Å². The Morgan fingerprint density at radius 1 is 1.55 bits per heavy atom. The number of aryl methyl sites for hydroxylation is 1. The molecular formula is C13H17N3O2S2. The average Bonchev–Trinajstić information content (AvgIpc) is 2.95. The van der Waals surface area contributed by atoms with Crippen LogP contribution >= 0.6 is 23.1 Å². The molecule has 0 bridgehead atoms. The fourth-order valence-electron chi connectivity index (χ4n) is 2.49. The highest BCUT2D eigenvalue weighted by atomic mass is 32.2. The summed E-state index contributed by atoms with van der Waals surface area (Å²) in [5.74, 6) is 1.32. The highest BCUT2D eigenvalue weighted by Gasteiger charge is 2.24. The summed E-state index contributed by atoms with van der Waals surface area (Å²) < 4.78 is 0. The van der Waals surface area contributed by atoms with Crippen molar-refractivity contribution in [1.29, 1.82) is 0 Å². The fraction of sp³-hybridized carbons (Fsp3) is 0.615. The van der Waals surface area contributed by atoms with Gasteiger partial charge in [-0.1, -0.05) is 18.7 Å². The van der Waals surface area contributed by atoms with Crippen molar-refractivity contribution in [2.24, 2.45) is 5.92 Å². The van der Waals surface area contributed by atoms with Crippen LogP contribution in [0.1, 0.15) is 23.9 Å². The van der Waals surface area contributed by atoms with Gasteiger partial charge in [-0.3, -0.25) is 9.59 Å². The number of hydrogen-bond acceptors (Lipinski definition) is 5. The van der Waals surface area contributed by atoms with E-state index in [0.29, 0.717) is 17.6 Å². The Labute approximate surface area is 126 Å². The van der Waals surface area contributed by atoms with Gasteiger partial charge in [0.05, 0.1) is 5.69 Å². The molecule has 20 heavy (non-hydrogen) atoms. The molecule has 1 aliphatic heterocycles. The minimum atomic E-state index is -0.153. The summed E-state index contributed by atoms with van der Waals surface area (Å²) >= 11 is 2.84. The number of aromatic nitrogens is 1. The third-order valence-corrected chi connectivity index (χ3v) is 5.54. The number of carbonyl (C=O) groups excluding carboxylic acids is 2. The first-order valence-electron chi connectivity index (χ1n) is 6.82. The number of nitrogens with one attached hydrogen (secondary N) is 1. The lowest BCUT2D eigenvalue weighted by Crippen LogP contribution is -2.33. The van der Waals surface area contributed by atoms with Crippen LogP contribution in [0.3, 0.4) is 0 Å². The number of carbonyl (C=O) groups is 2. The first-order valence-corrected chi connectivity index (χ1v) is 8.62. The number of hydrogen-bond donors (Lipinski definition) is 1. The van der Waals surface area contributed by atoms with Crippen molar-refractivity contribution in [3.05, 3.63) is 10.6 Å². The zero-order valence-corrected chi connectivity index (χ0v) is 13.0. The Hall–Kier alpha value is -1.08. The van der Waals surface area contributed by atoms with Crippen molar-refractivity contribution in [3.8, 4) is 0 Å². The van der Waals surface area contributed by atoms with Gasteiger partial charge in [0.15, 0.2) is 5.13 Å². The molecule has 1 fully saturated rings. The summed E-state index contributed by atoms with van der Waals surface area (Å²) in [6.07, 6.45) is 3.23. The summed E-state index contributed by atoms with van der Waals surface area (Å²) in [5, 5.41) is 3.49. The van der Waals surface area contributed by atoms with Crippen molar-refractivity contribution in [1.82, 2.24) is 9.88 Å². The molecule has 2 aliphatic rings. The maximum atomic E-state index is 11.9. The molecule has 0 spiro atoms. The Balaban J connectivity index is 1.60. The standard InChI is InChI=1S/C13H17N3O2S2/c1-8-2-3-9-10(6-8)20-12(14-9)15-11(17)7-16-4-5-19-13(16)18/h8H,2-7H2,1H3,(H,14,15,17)/t8-/m1/s1. The fourth-order valence-corrected chi connectivity index (χ4v) is 4.51. The van der Waals surface area contributed by atoms with Crippen molar-refractivity contribution >= 4 is 39.4 Å². The van der Waals surface area contributed by atoms with E-state index in [2.05, 4.69) is 17.2 Å². The van der Waals surface area contributed by atoms with Crippen LogP contribution in [0.5, 0.6) is 0 Å². The van der Waals surface area contributed by atoms with Gasteiger partial charge in [-0.05, 0) is 25.2 Å². The summed E-state index contributed by atoms with van der Waals surface area (Å²) in [6.45, 7) is 3.03. The van der Waals surface area contributed by atoms with Crippen molar-refractivity contribution in [3.63, 3.8) is 0 Å². The second-order valence-electron chi connectivity index (χ2n) is 5.32. The summed E-state index contributed by atoms with van der Waals surface area (Å²) in [5.41, 5.74) is 1.14. The molecule has 1 N–H and O–H groups in total. The second kappa shape index (κ2) is 5.73. The third kappa shape index (κ3) is 2.98. The molecule has 1 aromatic rings. The lowest BCUT2D eigenvalue weighted by Gasteiger charge is -2.15. The SMILES string of the molecule is C[C@@H]1CCc2nc(NC(=O)CN3CCSC3=O)sc2C1. The lowest BCUT2D eigenvalue weighted by molar-refractivity contribution is -0.116. The van der Waals surface area contributed by atoms with Crippen LogP contribution in [-0.4, -0.2) is 39.9 Å². The Morgan fingerprint density at radius 2 is 2.40 bits per heavy atom. The van der Waals surface area contributed by atoms with E-state index < -0.39 is 0 Å². The lowest BCUT2D eigenvalue weighted by atomic mass is 9.93. The van der Waals surface area contributed by atoms with Gasteiger partial charge in [0.2, 0.25) is 5.91 Å². The molecule has 1 atom stereocenters. The van der Waals surface area contributed by atoms with Crippen LogP contribution in [0.2, 0.25) is 0 Å². The summed E-state index contributed by atoms with van der Waals surface area (Å²) in [7, 11) is 0. The molecule has 5 nitrogen and oxygen atoms in total. The van der Waals surface area contributed by atoms with Crippen LogP contribution in [-0.2, 0) is 17.6 Å². The van der Waals surface area contributed by atoms with E-state index in [1.807, 2.05) is 0 Å². The molecule has 3 rings (SSSR count). The largest absolute Gasteiger partial charge is 0.323 e. The first kappa shape index (κ1) is 13.9. The third-order valence-electron chi connectivity index (χ3n) is 3.61. The maximum Gasteiger partial charge on any atom is 0.282 e. The number of thiazole rings is 1. The zero-order chi connectivity index (χ0) is 14.1. The van der Waals surface area contributed by atoms with Crippen LogP contribution in [0.4, 0.5) is 9.93 Å². The van der Waals surface area contributed by atoms with Crippen molar-refractivity contribution in [2.45, 2.75) is 26.2 Å². The molecule has 108 valence electrons. The van der Waals surface area contributed by atoms with Crippen molar-refractivity contribution < 1.29 is 9.59 Å². The van der Waals surface area contributed by atoms with Crippen LogP contribution in [0, 0.1) is 5.92 Å². The first-order chi connectivity index (χ1) is 9.61. The molecule has 1 aromatic heterocycles. The molecule has 0 radical (unpaired) electrons. The zero-order valence-electron chi connectivity index (χ0n) is 11.3. The van der Waals surface area contributed by atoms with Gasteiger partial charge in [0.25, 0.3) is 5.24 Å². The summed E-state index contributed by atoms with van der Waals surface area (Å²) in [6, 6.07) is 0. The van der Waals surface area contributed by atoms with Crippen LogP contribution < -0.4 is 5.32 Å². The van der Waals surface area contributed by atoms with Gasteiger partial charge in [-0.25, -0.2) is 4.98 Å². The van der Waals surface area contributed by atoms with Gasteiger partial charge in [-0.15, -0.1) is 11.3 Å². The molecule has 0 saturated carbocycles. The van der Waals surface area contributed by atoms with Gasteiger partial charge >= 0.3 is 0 Å². The molecule has 2 heterocycles. The number of thioether (sulfide) groups is 1. The van der Waals surface area contributed by atoms with E-state index in [0.717, 1.165) is 24.3 Å². The highest BCUT2D eigenvalue weighted by molar-refractivity contribution is 8.13. The normalized spacial score (nSPS) is 21.9. The van der Waals surface area contributed by atoms with Crippen molar-refractivity contribution in [2.75, 3.05) is 24.2 Å². The highest BCUT2D eigenvalue weighted by Crippen LogP contribution is 2.32. The number of anilines is 1. The molecule has 1 saturated heterocycles. The van der Waals surface area contributed by atoms with E-state index in [4.69, 9.17) is 0 Å². The van der Waals surface area contributed by atoms with Gasteiger partial charge in [0.1, 0.15) is 6.54 Å². The van der Waals surface area contributed by atoms with Gasteiger partial charge < -0.3 is 10.2 Å². The van der Waals surface area contributed by atoms with Gasteiger partial charge in [-0.2, -0.15) is 0 Å². The molecule has 0 aromatic carbocycles. The van der Waals surface area contributed by atoms with Gasteiger partial charge in [0, 0.05) is 17.2 Å². The van der Waals surface area contributed by atoms with E-state index in [1.165, 1.54) is 23.1 Å². The minimum Gasteiger partial charge on any atom is -0.323 e. The van der Waals surface area contributed by atoms with E-state index in [1.54, 1.807) is 16.2 Å². The Bertz CT molecular complexity index is 544. The maximum absolute atomic E-state index is 11.9. The Morgan fingerprint density at radius 3 is 3.15 bits per heavy atom. The molecule has 7 heteroatoms. The average molecular weight is 311 g/mol. The molecule has 0 unspecified atom stereocenters. The molecular weight excluding hydrogens is 294 g/mol. The molecule has 2 amide bonds. The van der Waals surface area contributed by atoms with E-state index in [9.17, 15) is 9.59 Å². The smallest absolute Gasteiger partial charge is 0.282 e. The minimum absolute atomic E-state index is 0.00703. The number of fused-ring (bicyclic) bond motifs is 1. The number of nitrogens with zero attached hydrogens (tertiary/aromatic N) is 2. The predicted octanol–water partition coefficient (Wildman–Crippen LogP) is 2.38. The second-order valence-corrected chi connectivity index (χ2v) is 7.45. The van der Waals surface area contributed by atoms with E-state index in [-0.39, 0.29) is 17.7 Å². The number of rotatable bonds is 3. The van der Waals surface area contributed by atoms with Crippen LogP contribution in [0.25, 0.3) is 0 Å². The summed E-state index contributed by atoms with van der Waals surface area (Å²) in [4.78, 5) is 30.8. The monoisotopic (exact) mass is 311 g/mol. The van der Waals surface area contributed by atoms with Crippen LogP contribution in [0.15, 0.2) is 0 Å².